The standard InChI is InChI=1S/C24H21N2O2/c27-23(20-10-9-18-5-1-2-6-19(18)13-20)16-26-12-11-25(17-26)15-22-14-21-7-3-4-8-24(21)28-22/h1-13,17,22H,14-16H2/q+1. The minimum absolute atomic E-state index is 0.109. The van der Waals surface area contributed by atoms with Crippen molar-refractivity contribution in [3.05, 3.63) is 96.6 Å². The molecule has 0 spiro atoms. The number of carbonyl (C=O) groups excluding carboxylic acids is 1. The molecule has 0 radical (unpaired) electrons. The Labute approximate surface area is 163 Å². The first kappa shape index (κ1) is 16.8. The first-order chi connectivity index (χ1) is 13.7. The Hall–Kier alpha value is -3.40. The maximum Gasteiger partial charge on any atom is 0.244 e. The van der Waals surface area contributed by atoms with Gasteiger partial charge in [-0.3, -0.25) is 4.79 Å². The Balaban J connectivity index is 1.25. The fourth-order valence-corrected chi connectivity index (χ4v) is 3.85. The minimum atomic E-state index is 0.109. The molecule has 0 N–H and O–H groups in total. The Bertz CT molecular complexity index is 1140. The molecule has 2 heterocycles. The fraction of sp³-hybridized carbons (Fsp3) is 0.167. The van der Waals surface area contributed by atoms with Gasteiger partial charge in [-0.1, -0.05) is 54.6 Å². The van der Waals surface area contributed by atoms with Crippen molar-refractivity contribution in [2.24, 2.45) is 0 Å². The third-order valence-electron chi connectivity index (χ3n) is 5.27. The lowest BCUT2D eigenvalue weighted by molar-refractivity contribution is -0.682. The number of ketones is 1. The molecule has 28 heavy (non-hydrogen) atoms. The van der Waals surface area contributed by atoms with Crippen LogP contribution in [-0.4, -0.2) is 16.5 Å². The van der Waals surface area contributed by atoms with Crippen molar-refractivity contribution < 1.29 is 14.1 Å². The molecule has 1 aliphatic rings. The van der Waals surface area contributed by atoms with E-state index in [1.807, 2.05) is 77.9 Å². The van der Waals surface area contributed by atoms with Gasteiger partial charge in [-0.2, -0.15) is 0 Å². The predicted octanol–water partition coefficient (Wildman–Crippen LogP) is 3.82. The maximum atomic E-state index is 12.7. The van der Waals surface area contributed by atoms with E-state index in [0.717, 1.165) is 35.1 Å². The number of para-hydroxylation sites is 1. The summed E-state index contributed by atoms with van der Waals surface area (Å²) in [6.45, 7) is 1.10. The summed E-state index contributed by atoms with van der Waals surface area (Å²) >= 11 is 0. The molecule has 1 aromatic heterocycles. The van der Waals surface area contributed by atoms with Gasteiger partial charge in [0.15, 0.2) is 6.54 Å². The molecule has 0 bridgehead atoms. The normalized spacial score (nSPS) is 15.4. The van der Waals surface area contributed by atoms with Crippen molar-refractivity contribution in [2.75, 3.05) is 0 Å². The van der Waals surface area contributed by atoms with E-state index < -0.39 is 0 Å². The van der Waals surface area contributed by atoms with E-state index in [0.29, 0.717) is 6.54 Å². The Kier molecular flexibility index (Phi) is 4.17. The van der Waals surface area contributed by atoms with Gasteiger partial charge in [-0.15, -0.1) is 0 Å². The quantitative estimate of drug-likeness (QED) is 0.396. The van der Waals surface area contributed by atoms with Crippen LogP contribution in [0.2, 0.25) is 0 Å². The van der Waals surface area contributed by atoms with Gasteiger partial charge in [0.2, 0.25) is 12.1 Å². The Morgan fingerprint density at radius 3 is 2.75 bits per heavy atom. The lowest BCUT2D eigenvalue weighted by atomic mass is 10.0. The minimum Gasteiger partial charge on any atom is -0.486 e. The van der Waals surface area contributed by atoms with Gasteiger partial charge in [-0.05, 0) is 28.5 Å². The van der Waals surface area contributed by atoms with Crippen molar-refractivity contribution in [3.63, 3.8) is 0 Å². The number of hydrogen-bond acceptors (Lipinski definition) is 2. The smallest absolute Gasteiger partial charge is 0.244 e. The van der Waals surface area contributed by atoms with Crippen molar-refractivity contribution in [1.82, 2.24) is 4.57 Å². The van der Waals surface area contributed by atoms with Gasteiger partial charge in [0.25, 0.3) is 0 Å². The number of fused-ring (bicyclic) bond motifs is 2. The highest BCUT2D eigenvalue weighted by molar-refractivity contribution is 5.99. The maximum absolute atomic E-state index is 12.7. The molecule has 1 atom stereocenters. The van der Waals surface area contributed by atoms with Crippen LogP contribution in [0, 0.1) is 0 Å². The highest BCUT2D eigenvalue weighted by Crippen LogP contribution is 2.28. The first-order valence-corrected chi connectivity index (χ1v) is 9.56. The lowest BCUT2D eigenvalue weighted by Crippen LogP contribution is -2.36. The van der Waals surface area contributed by atoms with Gasteiger partial charge < -0.3 is 4.74 Å². The molecule has 0 amide bonds. The number of Topliss-reactive ketones (excluding diaryl/α,β-unsaturated/α-hetero) is 1. The molecule has 0 fully saturated rings. The van der Waals surface area contributed by atoms with Crippen LogP contribution in [0.5, 0.6) is 5.75 Å². The van der Waals surface area contributed by atoms with Crippen LogP contribution in [0.15, 0.2) is 85.5 Å². The third kappa shape index (κ3) is 3.29. The topological polar surface area (TPSA) is 35.1 Å². The van der Waals surface area contributed by atoms with Crippen LogP contribution >= 0.6 is 0 Å². The van der Waals surface area contributed by atoms with E-state index in [2.05, 4.69) is 16.7 Å². The average Bonchev–Trinajstić information content (AvgIpc) is 3.33. The fourth-order valence-electron chi connectivity index (χ4n) is 3.85. The molecule has 138 valence electrons. The van der Waals surface area contributed by atoms with E-state index in [1.54, 1.807) is 0 Å². The van der Waals surface area contributed by atoms with Crippen LogP contribution in [0.1, 0.15) is 15.9 Å². The van der Waals surface area contributed by atoms with Crippen molar-refractivity contribution in [3.8, 4) is 5.75 Å². The summed E-state index contributed by atoms with van der Waals surface area (Å²) in [4.78, 5) is 12.7. The molecule has 0 saturated heterocycles. The Morgan fingerprint density at radius 2 is 1.86 bits per heavy atom. The van der Waals surface area contributed by atoms with Gasteiger partial charge in [0, 0.05) is 12.0 Å². The second kappa shape index (κ2) is 6.97. The molecule has 0 aliphatic carbocycles. The second-order valence-electron chi connectivity index (χ2n) is 7.32. The molecule has 4 heteroatoms. The molecular formula is C24H21N2O2+. The number of imidazole rings is 1. The number of aromatic nitrogens is 2. The zero-order valence-corrected chi connectivity index (χ0v) is 15.5. The molecule has 5 rings (SSSR count). The molecule has 3 aromatic carbocycles. The summed E-state index contributed by atoms with van der Waals surface area (Å²) < 4.78 is 10.0. The predicted molar refractivity (Wildman–Crippen MR) is 107 cm³/mol. The first-order valence-electron chi connectivity index (χ1n) is 9.56. The zero-order chi connectivity index (χ0) is 18.9. The molecular weight excluding hydrogens is 348 g/mol. The van der Waals surface area contributed by atoms with E-state index in [4.69, 9.17) is 4.74 Å². The van der Waals surface area contributed by atoms with Crippen LogP contribution in [0.25, 0.3) is 10.8 Å². The molecule has 4 nitrogen and oxygen atoms in total. The number of hydrogen-bond donors (Lipinski definition) is 0. The van der Waals surface area contributed by atoms with Gasteiger partial charge in [0.1, 0.15) is 30.8 Å². The summed E-state index contributed by atoms with van der Waals surface area (Å²) in [5.74, 6) is 1.09. The second-order valence-corrected chi connectivity index (χ2v) is 7.32. The highest BCUT2D eigenvalue weighted by atomic mass is 16.5. The van der Waals surface area contributed by atoms with E-state index in [1.165, 1.54) is 5.56 Å². The number of rotatable bonds is 5. The molecule has 4 aromatic rings. The molecule has 1 aliphatic heterocycles. The summed E-state index contributed by atoms with van der Waals surface area (Å²) in [6.07, 6.45) is 6.98. The van der Waals surface area contributed by atoms with Crippen molar-refractivity contribution in [2.45, 2.75) is 25.6 Å². The van der Waals surface area contributed by atoms with Gasteiger partial charge in [0.05, 0.1) is 0 Å². The number of carbonyl (C=O) groups is 1. The van der Waals surface area contributed by atoms with Crippen LogP contribution in [0.3, 0.4) is 0 Å². The molecule has 0 saturated carbocycles. The van der Waals surface area contributed by atoms with Crippen molar-refractivity contribution >= 4 is 16.6 Å². The van der Waals surface area contributed by atoms with Gasteiger partial charge >= 0.3 is 0 Å². The van der Waals surface area contributed by atoms with E-state index in [9.17, 15) is 4.79 Å². The number of benzene rings is 3. The average molecular weight is 369 g/mol. The summed E-state index contributed by atoms with van der Waals surface area (Å²) in [5, 5.41) is 2.24. The van der Waals surface area contributed by atoms with Crippen LogP contribution in [-0.2, 0) is 19.5 Å². The van der Waals surface area contributed by atoms with Gasteiger partial charge in [-0.25, -0.2) is 9.13 Å². The lowest BCUT2D eigenvalue weighted by Gasteiger charge is -2.07. The summed E-state index contributed by atoms with van der Waals surface area (Å²) in [6, 6.07) is 22.2. The third-order valence-corrected chi connectivity index (χ3v) is 5.27. The Morgan fingerprint density at radius 1 is 1.04 bits per heavy atom. The monoisotopic (exact) mass is 369 g/mol. The number of nitrogens with zero attached hydrogens (tertiary/aromatic N) is 2. The summed E-state index contributed by atoms with van der Waals surface area (Å²) in [7, 11) is 0. The van der Waals surface area contributed by atoms with E-state index >= 15 is 0 Å². The highest BCUT2D eigenvalue weighted by Gasteiger charge is 2.24. The number of ether oxygens (including phenoxy) is 1. The van der Waals surface area contributed by atoms with Crippen molar-refractivity contribution in [1.29, 1.82) is 0 Å². The summed E-state index contributed by atoms with van der Waals surface area (Å²) in [5.41, 5.74) is 2.01. The molecule has 1 unspecified atom stereocenters. The van der Waals surface area contributed by atoms with Crippen LogP contribution in [0.4, 0.5) is 0 Å². The van der Waals surface area contributed by atoms with Crippen LogP contribution < -0.4 is 9.30 Å². The SMILES string of the molecule is O=C(C[n+]1ccn(CC2Cc3ccccc3O2)c1)c1ccc2ccccc2c1. The largest absolute Gasteiger partial charge is 0.486 e. The van der Waals surface area contributed by atoms with E-state index in [-0.39, 0.29) is 11.9 Å². The zero-order valence-electron chi connectivity index (χ0n) is 15.5.